The van der Waals surface area contributed by atoms with Crippen LogP contribution in [0.4, 0.5) is 5.69 Å². The number of carbonyl (C=O) groups is 5. The lowest BCUT2D eigenvalue weighted by Gasteiger charge is -2.17. The molecular weight excluding hydrogens is 454 g/mol. The van der Waals surface area contributed by atoms with Crippen LogP contribution in [0.25, 0.3) is 0 Å². The molecule has 2 aromatic rings. The van der Waals surface area contributed by atoms with Crippen LogP contribution in [0.15, 0.2) is 54.6 Å². The first kappa shape index (κ1) is 25.4. The number of esters is 2. The third-order valence-corrected chi connectivity index (χ3v) is 5.30. The van der Waals surface area contributed by atoms with E-state index < -0.39 is 36.3 Å². The minimum atomic E-state index is -0.743. The van der Waals surface area contributed by atoms with Crippen LogP contribution in [-0.4, -0.2) is 49.4 Å². The van der Waals surface area contributed by atoms with E-state index in [1.54, 1.807) is 54.6 Å². The van der Waals surface area contributed by atoms with Crippen molar-refractivity contribution in [2.75, 3.05) is 24.7 Å². The topological polar surface area (TPSA) is 131 Å². The number of hydrazine groups is 1. The van der Waals surface area contributed by atoms with Crippen LogP contribution >= 0.6 is 0 Å². The minimum absolute atomic E-state index is 0.0635. The lowest BCUT2D eigenvalue weighted by atomic mass is 10.1. The van der Waals surface area contributed by atoms with Crippen LogP contribution in [0.2, 0.25) is 0 Å². The molecule has 1 heterocycles. The summed E-state index contributed by atoms with van der Waals surface area (Å²) in [6, 6.07) is 14.6. The van der Waals surface area contributed by atoms with Gasteiger partial charge in [-0.2, -0.15) is 0 Å². The van der Waals surface area contributed by atoms with Gasteiger partial charge in [0.1, 0.15) is 0 Å². The summed E-state index contributed by atoms with van der Waals surface area (Å²) in [6.07, 6.45) is 1.64. The fourth-order valence-electron chi connectivity index (χ4n) is 3.36. The van der Waals surface area contributed by atoms with E-state index in [0.717, 1.165) is 12.8 Å². The number of nitrogens with zero attached hydrogens (tertiary/aromatic N) is 1. The molecule has 3 rings (SSSR count). The zero-order valence-corrected chi connectivity index (χ0v) is 19.3. The summed E-state index contributed by atoms with van der Waals surface area (Å²) in [5.41, 5.74) is 5.67. The monoisotopic (exact) mass is 481 g/mol. The van der Waals surface area contributed by atoms with E-state index in [1.807, 2.05) is 6.92 Å². The van der Waals surface area contributed by atoms with Crippen molar-refractivity contribution in [1.82, 2.24) is 10.9 Å². The van der Waals surface area contributed by atoms with Gasteiger partial charge in [-0.3, -0.25) is 30.0 Å². The molecule has 1 atom stereocenters. The molecule has 0 bridgehead atoms. The molecule has 1 aliphatic rings. The van der Waals surface area contributed by atoms with Gasteiger partial charge in [0.25, 0.3) is 11.8 Å². The molecule has 0 unspecified atom stereocenters. The maximum atomic E-state index is 12.4. The molecule has 0 aromatic heterocycles. The quantitative estimate of drug-likeness (QED) is 0.318. The lowest BCUT2D eigenvalue weighted by Crippen LogP contribution is -2.43. The predicted octanol–water partition coefficient (Wildman–Crippen LogP) is 2.00. The SMILES string of the molecule is CCCCOC(=O)c1ccc(N2C[C@@H](C(=O)OCC(=O)NNC(=O)c3ccccc3)CC2=O)cc1. The standard InChI is InChI=1S/C25H27N3O7/c1-2-3-13-34-24(32)18-9-11-20(12-10-18)28-15-19(14-22(28)30)25(33)35-16-21(29)26-27-23(31)17-7-5-4-6-8-17/h4-12,19H,2-3,13-16H2,1H3,(H,26,29)(H,27,31)/t19-/m0/s1. The molecule has 0 spiro atoms. The number of anilines is 1. The van der Waals surface area contributed by atoms with Crippen molar-refractivity contribution in [2.24, 2.45) is 5.92 Å². The maximum Gasteiger partial charge on any atom is 0.338 e. The van der Waals surface area contributed by atoms with Crippen molar-refractivity contribution in [3.63, 3.8) is 0 Å². The number of benzene rings is 2. The summed E-state index contributed by atoms with van der Waals surface area (Å²) < 4.78 is 10.2. The van der Waals surface area contributed by atoms with E-state index in [1.165, 1.54) is 4.90 Å². The normalized spacial score (nSPS) is 14.8. The molecule has 10 nitrogen and oxygen atoms in total. The van der Waals surface area contributed by atoms with Crippen molar-refractivity contribution in [3.05, 3.63) is 65.7 Å². The smallest absolute Gasteiger partial charge is 0.338 e. The molecule has 184 valence electrons. The number of ether oxygens (including phenoxy) is 2. The van der Waals surface area contributed by atoms with Gasteiger partial charge in [-0.25, -0.2) is 4.79 Å². The molecule has 1 aliphatic heterocycles. The average molecular weight is 482 g/mol. The van der Waals surface area contributed by atoms with E-state index in [4.69, 9.17) is 9.47 Å². The number of nitrogens with one attached hydrogen (secondary N) is 2. The maximum absolute atomic E-state index is 12.4. The Morgan fingerprint density at radius 1 is 0.943 bits per heavy atom. The number of amides is 3. The Balaban J connectivity index is 1.45. The highest BCUT2D eigenvalue weighted by molar-refractivity contribution is 6.00. The van der Waals surface area contributed by atoms with Gasteiger partial charge in [0.2, 0.25) is 5.91 Å². The number of hydrogen-bond donors (Lipinski definition) is 2. The Bertz CT molecular complexity index is 1070. The van der Waals surface area contributed by atoms with E-state index in [2.05, 4.69) is 10.9 Å². The summed E-state index contributed by atoms with van der Waals surface area (Å²) in [4.78, 5) is 62.1. The molecule has 0 aliphatic carbocycles. The first-order valence-electron chi connectivity index (χ1n) is 11.3. The molecule has 0 saturated carbocycles. The van der Waals surface area contributed by atoms with Crippen LogP contribution in [0.5, 0.6) is 0 Å². The van der Waals surface area contributed by atoms with E-state index in [9.17, 15) is 24.0 Å². The molecule has 1 fully saturated rings. The van der Waals surface area contributed by atoms with Crippen molar-refractivity contribution < 1.29 is 33.4 Å². The second kappa shape index (κ2) is 12.3. The number of unbranched alkanes of at least 4 members (excludes halogenated alkanes) is 1. The summed E-state index contributed by atoms with van der Waals surface area (Å²) >= 11 is 0. The summed E-state index contributed by atoms with van der Waals surface area (Å²) in [5.74, 6) is -3.37. The van der Waals surface area contributed by atoms with Crippen molar-refractivity contribution >= 4 is 35.3 Å². The van der Waals surface area contributed by atoms with Crippen LogP contribution in [0, 0.1) is 5.92 Å². The molecule has 10 heteroatoms. The third-order valence-electron chi connectivity index (χ3n) is 5.30. The van der Waals surface area contributed by atoms with Crippen LogP contribution in [-0.2, 0) is 23.9 Å². The Morgan fingerprint density at radius 2 is 1.66 bits per heavy atom. The van der Waals surface area contributed by atoms with E-state index in [0.29, 0.717) is 23.4 Å². The zero-order chi connectivity index (χ0) is 25.2. The molecular formula is C25H27N3O7. The Kier molecular flexibility index (Phi) is 8.94. The van der Waals surface area contributed by atoms with E-state index in [-0.39, 0.29) is 18.9 Å². The Labute approximate surface area is 202 Å². The predicted molar refractivity (Wildman–Crippen MR) is 125 cm³/mol. The molecule has 1 saturated heterocycles. The van der Waals surface area contributed by atoms with Gasteiger partial charge in [-0.1, -0.05) is 31.5 Å². The summed E-state index contributed by atoms with van der Waals surface area (Å²) in [5, 5.41) is 0. The largest absolute Gasteiger partial charge is 0.462 e. The number of hydrogen-bond acceptors (Lipinski definition) is 7. The first-order valence-corrected chi connectivity index (χ1v) is 11.3. The zero-order valence-electron chi connectivity index (χ0n) is 19.3. The van der Waals surface area contributed by atoms with Gasteiger partial charge in [0.15, 0.2) is 6.61 Å². The highest BCUT2D eigenvalue weighted by Gasteiger charge is 2.36. The average Bonchev–Trinajstić information content (AvgIpc) is 3.28. The van der Waals surface area contributed by atoms with E-state index >= 15 is 0 Å². The van der Waals surface area contributed by atoms with Gasteiger partial charge < -0.3 is 14.4 Å². The highest BCUT2D eigenvalue weighted by atomic mass is 16.5. The van der Waals surface area contributed by atoms with Crippen molar-refractivity contribution in [2.45, 2.75) is 26.2 Å². The Morgan fingerprint density at radius 3 is 2.34 bits per heavy atom. The molecule has 0 radical (unpaired) electrons. The molecule has 2 aromatic carbocycles. The highest BCUT2D eigenvalue weighted by Crippen LogP contribution is 2.26. The number of carbonyl (C=O) groups excluding carboxylic acids is 5. The van der Waals surface area contributed by atoms with Crippen LogP contribution < -0.4 is 15.8 Å². The van der Waals surface area contributed by atoms with Gasteiger partial charge in [0, 0.05) is 24.2 Å². The lowest BCUT2D eigenvalue weighted by molar-refractivity contribution is -0.152. The van der Waals surface area contributed by atoms with Gasteiger partial charge in [-0.05, 0) is 42.8 Å². The molecule has 2 N–H and O–H groups in total. The van der Waals surface area contributed by atoms with Crippen LogP contribution in [0.3, 0.4) is 0 Å². The molecule has 3 amide bonds. The first-order chi connectivity index (χ1) is 16.9. The minimum Gasteiger partial charge on any atom is -0.462 e. The molecule has 35 heavy (non-hydrogen) atoms. The van der Waals surface area contributed by atoms with Gasteiger partial charge in [-0.15, -0.1) is 0 Å². The fraction of sp³-hybridized carbons (Fsp3) is 0.320. The van der Waals surface area contributed by atoms with Gasteiger partial charge >= 0.3 is 11.9 Å². The second-order valence-electron chi connectivity index (χ2n) is 7.92. The van der Waals surface area contributed by atoms with Crippen LogP contribution in [0.1, 0.15) is 46.9 Å². The number of rotatable bonds is 9. The summed E-state index contributed by atoms with van der Waals surface area (Å²) in [6.45, 7) is 1.83. The van der Waals surface area contributed by atoms with Crippen molar-refractivity contribution in [1.29, 1.82) is 0 Å². The third kappa shape index (κ3) is 7.13. The Hall–Kier alpha value is -4.21. The fourth-order valence-corrected chi connectivity index (χ4v) is 3.36. The summed E-state index contributed by atoms with van der Waals surface area (Å²) in [7, 11) is 0. The van der Waals surface area contributed by atoms with Gasteiger partial charge in [0.05, 0.1) is 18.1 Å². The van der Waals surface area contributed by atoms with Crippen molar-refractivity contribution in [3.8, 4) is 0 Å². The second-order valence-corrected chi connectivity index (χ2v) is 7.92.